The molecule has 1 rings (SSSR count). The van der Waals surface area contributed by atoms with Crippen LogP contribution in [0.2, 0.25) is 0 Å². The lowest BCUT2D eigenvalue weighted by molar-refractivity contribution is 0.202. The first-order valence-corrected chi connectivity index (χ1v) is 4.08. The van der Waals surface area contributed by atoms with Crippen LogP contribution in [0.1, 0.15) is 17.2 Å². The van der Waals surface area contributed by atoms with E-state index in [0.29, 0.717) is 0 Å². The average molecular weight is 171 g/mol. The van der Waals surface area contributed by atoms with Crippen molar-refractivity contribution in [2.45, 2.75) is 13.0 Å². The van der Waals surface area contributed by atoms with Gasteiger partial charge in [-0.2, -0.15) is 0 Å². The van der Waals surface area contributed by atoms with Crippen molar-refractivity contribution in [2.75, 3.05) is 5.88 Å². The molecule has 0 heterocycles. The monoisotopic (exact) mass is 170 g/mol. The van der Waals surface area contributed by atoms with Crippen LogP contribution in [-0.4, -0.2) is 11.0 Å². The molecule has 0 aromatic heterocycles. The molecular formula is C9H11ClO. The third kappa shape index (κ3) is 1.95. The van der Waals surface area contributed by atoms with E-state index in [-0.39, 0.29) is 5.88 Å². The maximum Gasteiger partial charge on any atom is 0.0927 e. The van der Waals surface area contributed by atoms with E-state index in [4.69, 9.17) is 11.6 Å². The highest BCUT2D eigenvalue weighted by molar-refractivity contribution is 6.18. The molecule has 0 radical (unpaired) electrons. The Hall–Kier alpha value is -0.530. The summed E-state index contributed by atoms with van der Waals surface area (Å²) in [7, 11) is 0. The lowest BCUT2D eigenvalue weighted by Gasteiger charge is -2.09. The molecule has 0 aliphatic rings. The van der Waals surface area contributed by atoms with E-state index in [1.54, 1.807) is 0 Å². The lowest BCUT2D eigenvalue weighted by atomic mass is 10.1. The van der Waals surface area contributed by atoms with Crippen LogP contribution in [0.25, 0.3) is 0 Å². The molecule has 60 valence electrons. The summed E-state index contributed by atoms with van der Waals surface area (Å²) < 4.78 is 0. The van der Waals surface area contributed by atoms with Crippen molar-refractivity contribution >= 4 is 11.6 Å². The van der Waals surface area contributed by atoms with Crippen LogP contribution in [0.4, 0.5) is 0 Å². The zero-order valence-corrected chi connectivity index (χ0v) is 7.17. The molecule has 0 aliphatic heterocycles. The van der Waals surface area contributed by atoms with Gasteiger partial charge in [0.1, 0.15) is 0 Å². The highest BCUT2D eigenvalue weighted by Gasteiger charge is 2.06. The number of rotatable bonds is 2. The van der Waals surface area contributed by atoms with Crippen molar-refractivity contribution in [3.63, 3.8) is 0 Å². The number of halogens is 1. The van der Waals surface area contributed by atoms with Gasteiger partial charge in [-0.25, -0.2) is 0 Å². The molecular weight excluding hydrogens is 160 g/mol. The normalized spacial score (nSPS) is 13.0. The van der Waals surface area contributed by atoms with Gasteiger partial charge in [-0.3, -0.25) is 0 Å². The fourth-order valence-corrected chi connectivity index (χ4v) is 1.21. The molecule has 0 bridgehead atoms. The first-order valence-electron chi connectivity index (χ1n) is 3.55. The predicted octanol–water partition coefficient (Wildman–Crippen LogP) is 2.27. The minimum atomic E-state index is -0.530. The van der Waals surface area contributed by atoms with Crippen molar-refractivity contribution < 1.29 is 5.11 Å². The van der Waals surface area contributed by atoms with E-state index in [1.807, 2.05) is 31.2 Å². The topological polar surface area (TPSA) is 20.2 Å². The minimum absolute atomic E-state index is 0.255. The summed E-state index contributed by atoms with van der Waals surface area (Å²) in [6.07, 6.45) is -0.530. The van der Waals surface area contributed by atoms with Gasteiger partial charge in [0.05, 0.1) is 12.0 Å². The predicted molar refractivity (Wildman–Crippen MR) is 46.9 cm³/mol. The molecule has 0 saturated heterocycles. The Balaban J connectivity index is 2.93. The van der Waals surface area contributed by atoms with Gasteiger partial charge in [-0.1, -0.05) is 24.3 Å². The first-order chi connectivity index (χ1) is 5.25. The zero-order valence-electron chi connectivity index (χ0n) is 6.42. The summed E-state index contributed by atoms with van der Waals surface area (Å²) in [6, 6.07) is 7.70. The van der Waals surface area contributed by atoms with Crippen LogP contribution in [0.15, 0.2) is 24.3 Å². The third-order valence-corrected chi connectivity index (χ3v) is 1.99. The molecule has 0 saturated carbocycles. The summed E-state index contributed by atoms with van der Waals surface area (Å²) >= 11 is 5.51. The standard InChI is InChI=1S/C9H11ClO/c1-7-4-2-3-5-8(7)9(11)6-10/h2-5,9,11H,6H2,1H3/t9-/m1/s1. The smallest absolute Gasteiger partial charge is 0.0927 e. The van der Waals surface area contributed by atoms with Crippen molar-refractivity contribution in [1.29, 1.82) is 0 Å². The second-order valence-corrected chi connectivity index (χ2v) is 2.84. The van der Waals surface area contributed by atoms with Crippen molar-refractivity contribution in [1.82, 2.24) is 0 Å². The summed E-state index contributed by atoms with van der Waals surface area (Å²) in [4.78, 5) is 0. The Labute approximate surface area is 71.6 Å². The molecule has 0 aliphatic carbocycles. The quantitative estimate of drug-likeness (QED) is 0.676. The number of hydrogen-bond donors (Lipinski definition) is 1. The fraction of sp³-hybridized carbons (Fsp3) is 0.333. The highest BCUT2D eigenvalue weighted by Crippen LogP contribution is 2.17. The van der Waals surface area contributed by atoms with E-state index in [9.17, 15) is 5.11 Å². The van der Waals surface area contributed by atoms with Gasteiger partial charge in [0, 0.05) is 0 Å². The number of aliphatic hydroxyl groups excluding tert-OH is 1. The van der Waals surface area contributed by atoms with Crippen LogP contribution < -0.4 is 0 Å². The minimum Gasteiger partial charge on any atom is -0.387 e. The fourth-order valence-electron chi connectivity index (χ4n) is 1.04. The van der Waals surface area contributed by atoms with Crippen LogP contribution in [0, 0.1) is 6.92 Å². The SMILES string of the molecule is Cc1ccccc1[C@H](O)CCl. The van der Waals surface area contributed by atoms with E-state index in [0.717, 1.165) is 11.1 Å². The zero-order chi connectivity index (χ0) is 8.27. The van der Waals surface area contributed by atoms with Gasteiger partial charge in [-0.15, -0.1) is 11.6 Å². The molecule has 0 unspecified atom stereocenters. The van der Waals surface area contributed by atoms with Crippen LogP contribution >= 0.6 is 11.6 Å². The molecule has 1 aromatic rings. The Kier molecular flexibility index (Phi) is 2.92. The Morgan fingerprint density at radius 1 is 1.45 bits per heavy atom. The second kappa shape index (κ2) is 3.74. The molecule has 11 heavy (non-hydrogen) atoms. The van der Waals surface area contributed by atoms with E-state index < -0.39 is 6.10 Å². The van der Waals surface area contributed by atoms with Crippen molar-refractivity contribution in [2.24, 2.45) is 0 Å². The number of hydrogen-bond acceptors (Lipinski definition) is 1. The van der Waals surface area contributed by atoms with Gasteiger partial charge >= 0.3 is 0 Å². The number of alkyl halides is 1. The van der Waals surface area contributed by atoms with Gasteiger partial charge in [-0.05, 0) is 18.1 Å². The van der Waals surface area contributed by atoms with E-state index >= 15 is 0 Å². The van der Waals surface area contributed by atoms with Gasteiger partial charge in [0.2, 0.25) is 0 Å². The van der Waals surface area contributed by atoms with Crippen LogP contribution in [0.5, 0.6) is 0 Å². The van der Waals surface area contributed by atoms with E-state index in [2.05, 4.69) is 0 Å². The highest BCUT2D eigenvalue weighted by atomic mass is 35.5. The molecule has 0 fully saturated rings. The Morgan fingerprint density at radius 2 is 2.09 bits per heavy atom. The maximum absolute atomic E-state index is 9.38. The Bertz CT molecular complexity index is 235. The second-order valence-electron chi connectivity index (χ2n) is 2.53. The van der Waals surface area contributed by atoms with Gasteiger partial charge in [0.15, 0.2) is 0 Å². The summed E-state index contributed by atoms with van der Waals surface area (Å²) in [5, 5.41) is 9.38. The number of aliphatic hydroxyl groups is 1. The largest absolute Gasteiger partial charge is 0.387 e. The summed E-state index contributed by atoms with van der Waals surface area (Å²) in [5.41, 5.74) is 2.00. The molecule has 1 aromatic carbocycles. The van der Waals surface area contributed by atoms with Gasteiger partial charge in [0.25, 0.3) is 0 Å². The molecule has 2 heteroatoms. The Morgan fingerprint density at radius 3 is 2.64 bits per heavy atom. The summed E-state index contributed by atoms with van der Waals surface area (Å²) in [6.45, 7) is 1.96. The van der Waals surface area contributed by atoms with Gasteiger partial charge < -0.3 is 5.11 Å². The van der Waals surface area contributed by atoms with E-state index in [1.165, 1.54) is 0 Å². The summed E-state index contributed by atoms with van der Waals surface area (Å²) in [5.74, 6) is 0.255. The molecule has 1 atom stereocenters. The number of aryl methyl sites for hydroxylation is 1. The third-order valence-electron chi connectivity index (χ3n) is 1.69. The molecule has 1 N–H and O–H groups in total. The lowest BCUT2D eigenvalue weighted by Crippen LogP contribution is -2.00. The maximum atomic E-state index is 9.38. The molecule has 0 spiro atoms. The first kappa shape index (κ1) is 8.57. The van der Waals surface area contributed by atoms with Crippen molar-refractivity contribution in [3.8, 4) is 0 Å². The number of benzene rings is 1. The molecule has 0 amide bonds. The average Bonchev–Trinajstić information content (AvgIpc) is 2.04. The molecule has 1 nitrogen and oxygen atoms in total. The van der Waals surface area contributed by atoms with Crippen LogP contribution in [0.3, 0.4) is 0 Å². The van der Waals surface area contributed by atoms with Crippen LogP contribution in [-0.2, 0) is 0 Å². The van der Waals surface area contributed by atoms with Crippen molar-refractivity contribution in [3.05, 3.63) is 35.4 Å².